The van der Waals surface area contributed by atoms with Gasteiger partial charge in [-0.3, -0.25) is 14.4 Å². The minimum atomic E-state index is -0.723. The molecule has 2 aliphatic rings. The van der Waals surface area contributed by atoms with Gasteiger partial charge in [0.15, 0.2) is 6.10 Å². The van der Waals surface area contributed by atoms with Crippen molar-refractivity contribution in [3.8, 4) is 0 Å². The Morgan fingerprint density at radius 3 is 2.62 bits per heavy atom. The Bertz CT molecular complexity index is 426. The van der Waals surface area contributed by atoms with E-state index in [4.69, 9.17) is 10.5 Å². The topological polar surface area (TPSA) is 92.9 Å². The maximum absolute atomic E-state index is 12.6. The fourth-order valence-electron chi connectivity index (χ4n) is 2.91. The molecule has 0 aromatic heterocycles. The van der Waals surface area contributed by atoms with Crippen LogP contribution in [0.4, 0.5) is 0 Å². The number of amides is 3. The van der Waals surface area contributed by atoms with Crippen molar-refractivity contribution in [2.45, 2.75) is 32.3 Å². The highest BCUT2D eigenvalue weighted by Crippen LogP contribution is 2.20. The van der Waals surface area contributed by atoms with E-state index in [2.05, 4.69) is 0 Å². The number of likely N-dealkylation sites (tertiary alicyclic amines) is 1. The van der Waals surface area contributed by atoms with Crippen LogP contribution >= 0.6 is 0 Å². The second kappa shape index (κ2) is 6.89. The number of carbonyl (C=O) groups excluding carboxylic acids is 3. The van der Waals surface area contributed by atoms with Gasteiger partial charge in [0, 0.05) is 26.1 Å². The van der Waals surface area contributed by atoms with Crippen LogP contribution in [0.5, 0.6) is 0 Å². The molecule has 118 valence electrons. The summed E-state index contributed by atoms with van der Waals surface area (Å²) in [7, 11) is 0. The second-order valence-electron chi connectivity index (χ2n) is 5.58. The molecule has 0 aromatic carbocycles. The molecule has 0 aromatic rings. The van der Waals surface area contributed by atoms with Crippen LogP contribution in [0.1, 0.15) is 26.2 Å². The van der Waals surface area contributed by atoms with Crippen LogP contribution < -0.4 is 5.73 Å². The summed E-state index contributed by atoms with van der Waals surface area (Å²) in [4.78, 5) is 38.9. The number of primary amides is 1. The van der Waals surface area contributed by atoms with E-state index in [1.54, 1.807) is 9.80 Å². The van der Waals surface area contributed by atoms with E-state index in [1.165, 1.54) is 0 Å². The van der Waals surface area contributed by atoms with Crippen molar-refractivity contribution >= 4 is 17.7 Å². The number of hydrogen-bond donors (Lipinski definition) is 1. The van der Waals surface area contributed by atoms with E-state index >= 15 is 0 Å². The molecular weight excluding hydrogens is 274 g/mol. The molecule has 2 heterocycles. The lowest BCUT2D eigenvalue weighted by Gasteiger charge is -2.37. The number of nitrogens with two attached hydrogens (primary N) is 1. The first-order valence-electron chi connectivity index (χ1n) is 7.50. The summed E-state index contributed by atoms with van der Waals surface area (Å²) in [6.45, 7) is 4.04. The van der Waals surface area contributed by atoms with Crippen LogP contribution in [0, 0.1) is 5.92 Å². The van der Waals surface area contributed by atoms with Gasteiger partial charge in [-0.15, -0.1) is 0 Å². The lowest BCUT2D eigenvalue weighted by Crippen LogP contribution is -2.54. The molecule has 0 bridgehead atoms. The highest BCUT2D eigenvalue weighted by Gasteiger charge is 2.34. The highest BCUT2D eigenvalue weighted by molar-refractivity contribution is 5.83. The normalized spacial score (nSPS) is 26.5. The Kier molecular flexibility index (Phi) is 5.17. The third kappa shape index (κ3) is 3.72. The van der Waals surface area contributed by atoms with E-state index in [0.29, 0.717) is 26.1 Å². The fourth-order valence-corrected chi connectivity index (χ4v) is 2.91. The van der Waals surface area contributed by atoms with Crippen LogP contribution in [-0.4, -0.2) is 66.4 Å². The summed E-state index contributed by atoms with van der Waals surface area (Å²) in [6, 6.07) is 0. The fraction of sp³-hybridized carbons (Fsp3) is 0.786. The van der Waals surface area contributed by atoms with Crippen molar-refractivity contribution in [2.24, 2.45) is 11.7 Å². The molecule has 2 atom stereocenters. The van der Waals surface area contributed by atoms with Crippen molar-refractivity contribution in [1.82, 2.24) is 9.80 Å². The summed E-state index contributed by atoms with van der Waals surface area (Å²) in [5, 5.41) is 0. The molecular formula is C14H23N3O4. The van der Waals surface area contributed by atoms with Gasteiger partial charge in [-0.05, 0) is 12.8 Å². The zero-order chi connectivity index (χ0) is 15.4. The molecule has 21 heavy (non-hydrogen) atoms. The number of hydrogen-bond acceptors (Lipinski definition) is 4. The van der Waals surface area contributed by atoms with Gasteiger partial charge in [0.2, 0.25) is 17.7 Å². The number of nitrogens with zero attached hydrogens (tertiary/aromatic N) is 2. The van der Waals surface area contributed by atoms with Crippen LogP contribution in [0.25, 0.3) is 0 Å². The first-order chi connectivity index (χ1) is 10.0. The minimum Gasteiger partial charge on any atom is -0.367 e. The van der Waals surface area contributed by atoms with Crippen molar-refractivity contribution in [3.63, 3.8) is 0 Å². The van der Waals surface area contributed by atoms with Crippen LogP contribution in [0.2, 0.25) is 0 Å². The van der Waals surface area contributed by atoms with Crippen LogP contribution in [0.3, 0.4) is 0 Å². The molecule has 2 saturated heterocycles. The Balaban J connectivity index is 1.95. The summed E-state index contributed by atoms with van der Waals surface area (Å²) in [5.41, 5.74) is 5.23. The van der Waals surface area contributed by atoms with E-state index < -0.39 is 12.0 Å². The molecule has 0 saturated carbocycles. The number of rotatable bonds is 3. The van der Waals surface area contributed by atoms with Gasteiger partial charge in [-0.2, -0.15) is 0 Å². The summed E-state index contributed by atoms with van der Waals surface area (Å²) in [5.74, 6) is -0.637. The van der Waals surface area contributed by atoms with E-state index in [0.717, 1.165) is 19.4 Å². The average Bonchev–Trinajstić information content (AvgIpc) is 2.53. The van der Waals surface area contributed by atoms with Crippen molar-refractivity contribution < 1.29 is 19.1 Å². The zero-order valence-electron chi connectivity index (χ0n) is 12.4. The molecule has 0 aliphatic carbocycles. The van der Waals surface area contributed by atoms with E-state index in [-0.39, 0.29) is 24.3 Å². The lowest BCUT2D eigenvalue weighted by atomic mass is 9.96. The molecule has 2 rings (SSSR count). The van der Waals surface area contributed by atoms with Crippen LogP contribution in [0.15, 0.2) is 0 Å². The van der Waals surface area contributed by atoms with Gasteiger partial charge >= 0.3 is 0 Å². The highest BCUT2D eigenvalue weighted by atomic mass is 16.5. The molecule has 7 heteroatoms. The zero-order valence-corrected chi connectivity index (χ0v) is 12.4. The standard InChI is InChI=1S/C14H23N3O4/c1-2-12(18)16-5-3-4-10(8-16)14(20)17-6-7-21-11(9-17)13(15)19/h10-11H,2-9H2,1H3,(H2,15,19). The summed E-state index contributed by atoms with van der Waals surface area (Å²) < 4.78 is 5.25. The predicted molar refractivity (Wildman–Crippen MR) is 75.1 cm³/mol. The van der Waals surface area contributed by atoms with Crippen LogP contribution in [-0.2, 0) is 19.1 Å². The molecule has 2 N–H and O–H groups in total. The summed E-state index contributed by atoms with van der Waals surface area (Å²) in [6.07, 6.45) is 1.36. The number of carbonyl (C=O) groups is 3. The van der Waals surface area contributed by atoms with E-state index in [9.17, 15) is 14.4 Å². The first kappa shape index (κ1) is 15.8. The van der Waals surface area contributed by atoms with Crippen molar-refractivity contribution in [2.75, 3.05) is 32.8 Å². The van der Waals surface area contributed by atoms with Crippen molar-refractivity contribution in [1.29, 1.82) is 0 Å². The molecule has 2 unspecified atom stereocenters. The van der Waals surface area contributed by atoms with Gasteiger partial charge in [0.1, 0.15) is 0 Å². The Labute approximate surface area is 124 Å². The Morgan fingerprint density at radius 1 is 1.19 bits per heavy atom. The van der Waals surface area contributed by atoms with E-state index in [1.807, 2.05) is 6.92 Å². The Hall–Kier alpha value is -1.63. The monoisotopic (exact) mass is 297 g/mol. The third-order valence-electron chi connectivity index (χ3n) is 4.12. The maximum atomic E-state index is 12.6. The molecule has 7 nitrogen and oxygen atoms in total. The van der Waals surface area contributed by atoms with Gasteiger partial charge in [0.25, 0.3) is 0 Å². The van der Waals surface area contributed by atoms with Crippen molar-refractivity contribution in [3.05, 3.63) is 0 Å². The van der Waals surface area contributed by atoms with Gasteiger partial charge in [-0.25, -0.2) is 0 Å². The minimum absolute atomic E-state index is 0.00171. The quantitative estimate of drug-likeness (QED) is 0.749. The number of ether oxygens (including phenoxy) is 1. The molecule has 0 radical (unpaired) electrons. The lowest BCUT2D eigenvalue weighted by molar-refractivity contribution is -0.150. The summed E-state index contributed by atoms with van der Waals surface area (Å²) >= 11 is 0. The predicted octanol–water partition coefficient (Wildman–Crippen LogP) is -0.652. The second-order valence-corrected chi connectivity index (χ2v) is 5.58. The number of piperidine rings is 1. The molecule has 0 spiro atoms. The molecule has 3 amide bonds. The SMILES string of the molecule is CCC(=O)N1CCCC(C(=O)N2CCOC(C(N)=O)C2)C1. The smallest absolute Gasteiger partial charge is 0.248 e. The Morgan fingerprint density at radius 2 is 1.95 bits per heavy atom. The molecule has 2 fully saturated rings. The molecule has 2 aliphatic heterocycles. The third-order valence-corrected chi connectivity index (χ3v) is 4.12. The van der Waals surface area contributed by atoms with Gasteiger partial charge in [-0.1, -0.05) is 6.92 Å². The average molecular weight is 297 g/mol. The first-order valence-corrected chi connectivity index (χ1v) is 7.50. The maximum Gasteiger partial charge on any atom is 0.248 e. The largest absolute Gasteiger partial charge is 0.367 e. The van der Waals surface area contributed by atoms with Gasteiger partial charge in [0.05, 0.1) is 19.1 Å². The van der Waals surface area contributed by atoms with Gasteiger partial charge < -0.3 is 20.3 Å². The number of morpholine rings is 1.